The molecule has 1 saturated heterocycles. The fourth-order valence-corrected chi connectivity index (χ4v) is 4.29. The molecule has 1 aromatic rings. The van der Waals surface area contributed by atoms with Gasteiger partial charge in [-0.3, -0.25) is 4.99 Å². The van der Waals surface area contributed by atoms with Crippen molar-refractivity contribution in [2.75, 3.05) is 19.7 Å². The Labute approximate surface area is 150 Å². The Morgan fingerprint density at radius 2 is 2.25 bits per heavy atom. The van der Waals surface area contributed by atoms with Crippen LogP contribution in [0.3, 0.4) is 0 Å². The molecule has 4 nitrogen and oxygen atoms in total. The molecule has 1 aromatic carbocycles. The number of halogens is 1. The molecule has 3 rings (SSSR count). The molecule has 0 amide bonds. The lowest BCUT2D eigenvalue weighted by molar-refractivity contribution is -0.106. The maximum absolute atomic E-state index is 6.04. The van der Waals surface area contributed by atoms with Crippen molar-refractivity contribution in [2.24, 2.45) is 16.3 Å². The van der Waals surface area contributed by atoms with E-state index in [-0.39, 0.29) is 5.41 Å². The van der Waals surface area contributed by atoms with E-state index in [0.29, 0.717) is 18.1 Å². The Bertz CT molecular complexity index is 602. The lowest BCUT2D eigenvalue weighted by Crippen LogP contribution is -2.68. The fraction of sp³-hybridized carbons (Fsp3) is 0.632. The first kappa shape index (κ1) is 17.6. The van der Waals surface area contributed by atoms with Crippen molar-refractivity contribution in [3.63, 3.8) is 0 Å². The molecule has 1 heterocycles. The van der Waals surface area contributed by atoms with E-state index in [1.54, 1.807) is 0 Å². The van der Waals surface area contributed by atoms with Crippen LogP contribution in [0.2, 0.25) is 5.02 Å². The third-order valence-electron chi connectivity index (χ3n) is 5.30. The minimum absolute atomic E-state index is 0.157. The van der Waals surface area contributed by atoms with Crippen molar-refractivity contribution in [3.8, 4) is 0 Å². The second kappa shape index (κ2) is 7.32. The number of hydrogen-bond donors (Lipinski definition) is 2. The predicted octanol–water partition coefficient (Wildman–Crippen LogP) is 3.25. The number of benzene rings is 1. The normalized spacial score (nSPS) is 28.2. The van der Waals surface area contributed by atoms with E-state index in [1.807, 2.05) is 18.2 Å². The highest BCUT2D eigenvalue weighted by atomic mass is 35.5. The number of ether oxygens (including phenoxy) is 1. The van der Waals surface area contributed by atoms with Crippen LogP contribution >= 0.6 is 11.6 Å². The van der Waals surface area contributed by atoms with Crippen LogP contribution in [0.5, 0.6) is 0 Å². The lowest BCUT2D eigenvalue weighted by Gasteiger charge is -2.54. The van der Waals surface area contributed by atoms with Crippen LogP contribution in [-0.2, 0) is 11.2 Å². The summed E-state index contributed by atoms with van der Waals surface area (Å²) in [6, 6.07) is 8.42. The van der Waals surface area contributed by atoms with Gasteiger partial charge in [0.1, 0.15) is 0 Å². The molecule has 1 aliphatic carbocycles. The van der Waals surface area contributed by atoms with Gasteiger partial charge in [-0.1, -0.05) is 37.6 Å². The van der Waals surface area contributed by atoms with Gasteiger partial charge in [-0.05, 0) is 37.5 Å². The second-order valence-electron chi connectivity index (χ2n) is 7.33. The Morgan fingerprint density at radius 3 is 3.00 bits per heavy atom. The summed E-state index contributed by atoms with van der Waals surface area (Å²) in [6.45, 7) is 9.16. The topological polar surface area (TPSA) is 45.7 Å². The van der Waals surface area contributed by atoms with Crippen LogP contribution in [0.4, 0.5) is 0 Å². The maximum atomic E-state index is 6.04. The highest BCUT2D eigenvalue weighted by molar-refractivity contribution is 6.30. The molecule has 0 aromatic heterocycles. The first-order valence-corrected chi connectivity index (χ1v) is 9.31. The Kier molecular flexibility index (Phi) is 5.36. The fourth-order valence-electron chi connectivity index (χ4n) is 4.07. The number of aliphatic imine (C=N–C) groups is 1. The van der Waals surface area contributed by atoms with E-state index in [9.17, 15) is 0 Å². The van der Waals surface area contributed by atoms with E-state index in [4.69, 9.17) is 21.3 Å². The average molecular weight is 350 g/mol. The minimum atomic E-state index is 0.157. The molecule has 24 heavy (non-hydrogen) atoms. The Hall–Kier alpha value is -1.26. The molecule has 0 spiro atoms. The summed E-state index contributed by atoms with van der Waals surface area (Å²) >= 11 is 6.04. The van der Waals surface area contributed by atoms with Gasteiger partial charge in [-0.15, -0.1) is 0 Å². The summed E-state index contributed by atoms with van der Waals surface area (Å²) in [4.78, 5) is 4.75. The molecule has 3 unspecified atom stereocenters. The summed E-state index contributed by atoms with van der Waals surface area (Å²) in [5.74, 6) is 1.51. The third-order valence-corrected chi connectivity index (χ3v) is 5.53. The lowest BCUT2D eigenvalue weighted by atomic mass is 9.57. The van der Waals surface area contributed by atoms with E-state index in [1.165, 1.54) is 5.56 Å². The summed E-state index contributed by atoms with van der Waals surface area (Å²) in [7, 11) is 0. The van der Waals surface area contributed by atoms with Gasteiger partial charge in [-0.2, -0.15) is 0 Å². The van der Waals surface area contributed by atoms with E-state index in [2.05, 4.69) is 37.5 Å². The quantitative estimate of drug-likeness (QED) is 0.633. The molecule has 1 saturated carbocycles. The Morgan fingerprint density at radius 1 is 1.42 bits per heavy atom. The van der Waals surface area contributed by atoms with Crippen molar-refractivity contribution in [1.82, 2.24) is 10.6 Å². The summed E-state index contributed by atoms with van der Waals surface area (Å²) < 4.78 is 5.88. The molecule has 2 aliphatic rings. The van der Waals surface area contributed by atoms with Gasteiger partial charge in [0.2, 0.25) is 0 Å². The zero-order valence-corrected chi connectivity index (χ0v) is 15.6. The van der Waals surface area contributed by atoms with Gasteiger partial charge in [0.15, 0.2) is 5.96 Å². The molecule has 2 N–H and O–H groups in total. The number of nitrogens with zero attached hydrogens (tertiary/aromatic N) is 1. The van der Waals surface area contributed by atoms with Crippen LogP contribution in [0.1, 0.15) is 32.8 Å². The van der Waals surface area contributed by atoms with E-state index >= 15 is 0 Å². The second-order valence-corrected chi connectivity index (χ2v) is 7.76. The van der Waals surface area contributed by atoms with Crippen LogP contribution in [-0.4, -0.2) is 37.8 Å². The van der Waals surface area contributed by atoms with Gasteiger partial charge in [0.25, 0.3) is 0 Å². The van der Waals surface area contributed by atoms with E-state index < -0.39 is 0 Å². The first-order valence-electron chi connectivity index (χ1n) is 8.93. The first-order chi connectivity index (χ1) is 11.5. The summed E-state index contributed by atoms with van der Waals surface area (Å²) in [5.41, 5.74) is 1.37. The third kappa shape index (κ3) is 3.55. The molecular formula is C19H28ClN3O. The van der Waals surface area contributed by atoms with Crippen molar-refractivity contribution in [3.05, 3.63) is 34.9 Å². The zero-order chi connectivity index (χ0) is 17.2. The zero-order valence-electron chi connectivity index (χ0n) is 14.8. The smallest absolute Gasteiger partial charge is 0.191 e. The molecule has 0 radical (unpaired) electrons. The summed E-state index contributed by atoms with van der Waals surface area (Å²) in [6.07, 6.45) is 2.43. The van der Waals surface area contributed by atoms with Gasteiger partial charge in [0.05, 0.1) is 6.10 Å². The Balaban J connectivity index is 1.60. The van der Waals surface area contributed by atoms with Crippen molar-refractivity contribution < 1.29 is 4.74 Å². The molecule has 0 bridgehead atoms. The van der Waals surface area contributed by atoms with Crippen molar-refractivity contribution >= 4 is 17.6 Å². The minimum Gasteiger partial charge on any atom is -0.377 e. The largest absolute Gasteiger partial charge is 0.377 e. The molecule has 3 atom stereocenters. The predicted molar refractivity (Wildman–Crippen MR) is 99.7 cm³/mol. The molecule has 2 fully saturated rings. The number of nitrogens with one attached hydrogen (secondary N) is 2. The maximum Gasteiger partial charge on any atom is 0.191 e. The standard InChI is InChI=1S/C19H28ClN3O/c1-4-21-18(22-10-8-13-6-5-7-14(20)12-13)23-16-15-9-11-24-17(15)19(16,2)3/h5-7,12,15-17H,4,8-11H2,1-3H3,(H2,21,22,23). The molecular weight excluding hydrogens is 322 g/mol. The van der Waals surface area contributed by atoms with Crippen molar-refractivity contribution in [1.29, 1.82) is 0 Å². The molecule has 5 heteroatoms. The van der Waals surface area contributed by atoms with Gasteiger partial charge < -0.3 is 15.4 Å². The molecule has 1 aliphatic heterocycles. The van der Waals surface area contributed by atoms with Crippen LogP contribution in [0.15, 0.2) is 29.3 Å². The number of hydrogen-bond acceptors (Lipinski definition) is 2. The van der Waals surface area contributed by atoms with Crippen LogP contribution < -0.4 is 10.6 Å². The number of rotatable bonds is 5. The van der Waals surface area contributed by atoms with Crippen LogP contribution in [0.25, 0.3) is 0 Å². The van der Waals surface area contributed by atoms with E-state index in [0.717, 1.165) is 43.5 Å². The molecule has 132 valence electrons. The van der Waals surface area contributed by atoms with Gasteiger partial charge in [0, 0.05) is 42.1 Å². The number of fused-ring (bicyclic) bond motifs is 1. The SMILES string of the molecule is CCNC(=NCCc1cccc(Cl)c1)NC1C2CCOC2C1(C)C. The summed E-state index contributed by atoms with van der Waals surface area (Å²) in [5, 5.41) is 7.80. The highest BCUT2D eigenvalue weighted by Crippen LogP contribution is 2.52. The van der Waals surface area contributed by atoms with Gasteiger partial charge in [-0.25, -0.2) is 0 Å². The van der Waals surface area contributed by atoms with Gasteiger partial charge >= 0.3 is 0 Å². The number of guanidine groups is 1. The average Bonchev–Trinajstić information content (AvgIpc) is 2.99. The monoisotopic (exact) mass is 349 g/mol. The van der Waals surface area contributed by atoms with Crippen LogP contribution in [0, 0.1) is 11.3 Å². The van der Waals surface area contributed by atoms with Crippen molar-refractivity contribution in [2.45, 2.75) is 45.8 Å². The highest BCUT2D eigenvalue weighted by Gasteiger charge is 2.59.